The lowest BCUT2D eigenvalue weighted by atomic mass is 10.1. The minimum absolute atomic E-state index is 0.167. The Morgan fingerprint density at radius 3 is 2.96 bits per heavy atom. The highest BCUT2D eigenvalue weighted by molar-refractivity contribution is 6.31. The summed E-state index contributed by atoms with van der Waals surface area (Å²) in [7, 11) is 0. The van der Waals surface area contributed by atoms with Gasteiger partial charge in [-0.05, 0) is 38.0 Å². The molecule has 0 aliphatic carbocycles. The van der Waals surface area contributed by atoms with Gasteiger partial charge in [0.15, 0.2) is 0 Å². The van der Waals surface area contributed by atoms with Crippen molar-refractivity contribution in [2.24, 2.45) is 0 Å². The third-order valence-corrected chi connectivity index (χ3v) is 4.20. The normalized spacial score (nSPS) is 20.9. The standard InChI is InChI=1S/C16H22ClFN2O3/c1-10(21)7-13-9-23-6-5-20(13)16(22)19-11(2)14-4-3-12(18)8-15(14)17/h3-4,8,10-11,13,21H,5-7,9H2,1-2H3,(H,19,22)/t10-,11-,13-/m0/s1. The molecule has 2 N–H and O–H groups in total. The van der Waals surface area contributed by atoms with E-state index in [4.69, 9.17) is 16.3 Å². The topological polar surface area (TPSA) is 61.8 Å². The van der Waals surface area contributed by atoms with E-state index in [0.29, 0.717) is 31.7 Å². The number of ether oxygens (including phenoxy) is 1. The van der Waals surface area contributed by atoms with Crippen LogP contribution in [0.5, 0.6) is 0 Å². The smallest absolute Gasteiger partial charge is 0.318 e. The largest absolute Gasteiger partial charge is 0.393 e. The zero-order chi connectivity index (χ0) is 17.0. The van der Waals surface area contributed by atoms with Gasteiger partial charge in [0.25, 0.3) is 0 Å². The first-order valence-corrected chi connectivity index (χ1v) is 8.04. The van der Waals surface area contributed by atoms with Crippen LogP contribution in [0.4, 0.5) is 9.18 Å². The van der Waals surface area contributed by atoms with Crippen molar-refractivity contribution in [2.45, 2.75) is 38.5 Å². The fourth-order valence-corrected chi connectivity index (χ4v) is 3.04. The molecule has 5 nitrogen and oxygen atoms in total. The number of rotatable bonds is 4. The van der Waals surface area contributed by atoms with Crippen molar-refractivity contribution >= 4 is 17.6 Å². The van der Waals surface area contributed by atoms with E-state index >= 15 is 0 Å². The molecule has 0 saturated carbocycles. The van der Waals surface area contributed by atoms with Crippen molar-refractivity contribution < 1.29 is 19.0 Å². The average molecular weight is 345 g/mol. The Bertz CT molecular complexity index is 556. The molecule has 0 unspecified atom stereocenters. The third kappa shape index (κ3) is 4.80. The molecular weight excluding hydrogens is 323 g/mol. The number of aliphatic hydroxyl groups excluding tert-OH is 1. The number of hydrogen-bond acceptors (Lipinski definition) is 3. The Morgan fingerprint density at radius 2 is 2.30 bits per heavy atom. The summed E-state index contributed by atoms with van der Waals surface area (Å²) in [6.07, 6.45) is -0.0555. The van der Waals surface area contributed by atoms with Crippen molar-refractivity contribution in [2.75, 3.05) is 19.8 Å². The number of carbonyl (C=O) groups excluding carboxylic acids is 1. The molecule has 1 aromatic carbocycles. The number of aliphatic hydroxyl groups is 1. The monoisotopic (exact) mass is 344 g/mol. The number of benzene rings is 1. The van der Waals surface area contributed by atoms with Gasteiger partial charge in [0, 0.05) is 11.6 Å². The summed E-state index contributed by atoms with van der Waals surface area (Å²) in [5, 5.41) is 12.7. The van der Waals surface area contributed by atoms with Gasteiger partial charge < -0.3 is 20.1 Å². The van der Waals surface area contributed by atoms with E-state index in [2.05, 4.69) is 5.32 Å². The van der Waals surface area contributed by atoms with Crippen LogP contribution in [0.2, 0.25) is 5.02 Å². The highest BCUT2D eigenvalue weighted by Gasteiger charge is 2.29. The van der Waals surface area contributed by atoms with Crippen LogP contribution >= 0.6 is 11.6 Å². The van der Waals surface area contributed by atoms with E-state index < -0.39 is 11.9 Å². The van der Waals surface area contributed by atoms with Gasteiger partial charge in [-0.1, -0.05) is 17.7 Å². The van der Waals surface area contributed by atoms with Gasteiger partial charge in [0.2, 0.25) is 0 Å². The summed E-state index contributed by atoms with van der Waals surface area (Å²) < 4.78 is 18.5. The van der Waals surface area contributed by atoms with Gasteiger partial charge in [-0.25, -0.2) is 9.18 Å². The maximum Gasteiger partial charge on any atom is 0.318 e. The summed E-state index contributed by atoms with van der Waals surface area (Å²) in [5.41, 5.74) is 0.654. The highest BCUT2D eigenvalue weighted by Crippen LogP contribution is 2.24. The number of nitrogens with zero attached hydrogens (tertiary/aromatic N) is 1. The molecule has 1 aliphatic rings. The van der Waals surface area contributed by atoms with Crippen LogP contribution in [0.25, 0.3) is 0 Å². The second-order valence-corrected chi connectivity index (χ2v) is 6.25. The summed E-state index contributed by atoms with van der Waals surface area (Å²) in [6.45, 7) is 4.82. The lowest BCUT2D eigenvalue weighted by Crippen LogP contribution is -2.53. The van der Waals surface area contributed by atoms with E-state index in [1.807, 2.05) is 0 Å². The minimum atomic E-state index is -0.513. The maximum absolute atomic E-state index is 13.1. The van der Waals surface area contributed by atoms with Gasteiger partial charge in [-0.3, -0.25) is 0 Å². The fraction of sp³-hybridized carbons (Fsp3) is 0.562. The van der Waals surface area contributed by atoms with Crippen LogP contribution in [0.1, 0.15) is 31.9 Å². The molecule has 2 amide bonds. The van der Waals surface area contributed by atoms with Gasteiger partial charge in [0.05, 0.1) is 31.4 Å². The molecule has 1 aromatic rings. The molecule has 128 valence electrons. The molecule has 7 heteroatoms. The van der Waals surface area contributed by atoms with E-state index in [-0.39, 0.29) is 23.1 Å². The molecule has 0 spiro atoms. The number of morpholine rings is 1. The van der Waals surface area contributed by atoms with Crippen molar-refractivity contribution in [1.82, 2.24) is 10.2 Å². The number of halogens is 2. The van der Waals surface area contributed by atoms with Gasteiger partial charge >= 0.3 is 6.03 Å². The fourth-order valence-electron chi connectivity index (χ4n) is 2.71. The summed E-state index contributed by atoms with van der Waals surface area (Å²) in [5.74, 6) is -0.414. The molecule has 1 saturated heterocycles. The van der Waals surface area contributed by atoms with E-state index in [0.717, 1.165) is 0 Å². The van der Waals surface area contributed by atoms with E-state index in [1.165, 1.54) is 12.1 Å². The van der Waals surface area contributed by atoms with E-state index in [9.17, 15) is 14.3 Å². The van der Waals surface area contributed by atoms with Crippen LogP contribution in [0, 0.1) is 5.82 Å². The third-order valence-electron chi connectivity index (χ3n) is 3.87. The quantitative estimate of drug-likeness (QED) is 0.882. The Labute approximate surface area is 140 Å². The Hall–Kier alpha value is -1.37. The second kappa shape index (κ2) is 7.95. The molecule has 0 aromatic heterocycles. The van der Waals surface area contributed by atoms with Crippen LogP contribution in [0.3, 0.4) is 0 Å². The molecule has 1 heterocycles. The van der Waals surface area contributed by atoms with Gasteiger partial charge in [-0.15, -0.1) is 0 Å². The maximum atomic E-state index is 13.1. The van der Waals surface area contributed by atoms with Crippen LogP contribution in [-0.2, 0) is 4.74 Å². The lowest BCUT2D eigenvalue weighted by molar-refractivity contribution is -0.00473. The van der Waals surface area contributed by atoms with Crippen molar-refractivity contribution in [3.8, 4) is 0 Å². The number of carbonyl (C=O) groups is 1. The minimum Gasteiger partial charge on any atom is -0.393 e. The Morgan fingerprint density at radius 1 is 1.57 bits per heavy atom. The molecule has 1 fully saturated rings. The van der Waals surface area contributed by atoms with Gasteiger partial charge in [0.1, 0.15) is 5.82 Å². The molecule has 23 heavy (non-hydrogen) atoms. The number of hydrogen-bond donors (Lipinski definition) is 2. The summed E-state index contributed by atoms with van der Waals surface area (Å²) >= 11 is 6.03. The van der Waals surface area contributed by atoms with Crippen molar-refractivity contribution in [1.29, 1.82) is 0 Å². The first-order valence-electron chi connectivity index (χ1n) is 7.66. The SMILES string of the molecule is C[C@H](O)C[C@H]1COCCN1C(=O)N[C@@H](C)c1ccc(F)cc1Cl. The van der Waals surface area contributed by atoms with Crippen LogP contribution in [-0.4, -0.2) is 47.9 Å². The predicted molar refractivity (Wildman–Crippen MR) is 86.0 cm³/mol. The Balaban J connectivity index is 2.04. The van der Waals surface area contributed by atoms with Crippen LogP contribution < -0.4 is 5.32 Å². The molecule has 3 atom stereocenters. The molecule has 2 rings (SSSR count). The zero-order valence-electron chi connectivity index (χ0n) is 13.3. The lowest BCUT2D eigenvalue weighted by Gasteiger charge is -2.37. The molecule has 0 radical (unpaired) electrons. The van der Waals surface area contributed by atoms with Crippen LogP contribution in [0.15, 0.2) is 18.2 Å². The first kappa shape index (κ1) is 18.0. The van der Waals surface area contributed by atoms with Crippen molar-refractivity contribution in [3.05, 3.63) is 34.6 Å². The van der Waals surface area contributed by atoms with E-state index in [1.54, 1.807) is 24.8 Å². The van der Waals surface area contributed by atoms with Gasteiger partial charge in [-0.2, -0.15) is 0 Å². The molecule has 1 aliphatic heterocycles. The number of urea groups is 1. The highest BCUT2D eigenvalue weighted by atomic mass is 35.5. The molecule has 0 bridgehead atoms. The zero-order valence-corrected chi connectivity index (χ0v) is 14.0. The predicted octanol–water partition coefficient (Wildman–Crippen LogP) is 2.72. The number of nitrogens with one attached hydrogen (secondary N) is 1. The first-order chi connectivity index (χ1) is 10.9. The summed E-state index contributed by atoms with van der Waals surface area (Å²) in [6, 6.07) is 3.34. The second-order valence-electron chi connectivity index (χ2n) is 5.84. The number of amides is 2. The molecular formula is C16H22ClFN2O3. The Kier molecular flexibility index (Phi) is 6.21. The van der Waals surface area contributed by atoms with Crippen molar-refractivity contribution in [3.63, 3.8) is 0 Å². The summed E-state index contributed by atoms with van der Waals surface area (Å²) in [4.78, 5) is 14.2. The average Bonchev–Trinajstić information content (AvgIpc) is 2.46.